The SMILES string of the molecule is COCCOc1cccc(Cn2ncc3cnc(Nc4cnn(CC(F)F)c4)nc32)c1. The second-order valence-corrected chi connectivity index (χ2v) is 6.73. The van der Waals surface area contributed by atoms with Crippen molar-refractivity contribution in [3.63, 3.8) is 0 Å². The smallest absolute Gasteiger partial charge is 0.257 e. The quantitative estimate of drug-likeness (QED) is 0.387. The lowest BCUT2D eigenvalue weighted by Crippen LogP contribution is -2.07. The number of halogens is 2. The van der Waals surface area contributed by atoms with Crippen LogP contribution >= 0.6 is 0 Å². The van der Waals surface area contributed by atoms with Crippen LogP contribution in [0.3, 0.4) is 0 Å². The van der Waals surface area contributed by atoms with Gasteiger partial charge in [-0.2, -0.15) is 15.2 Å². The van der Waals surface area contributed by atoms with E-state index in [2.05, 4.69) is 25.5 Å². The zero-order valence-corrected chi connectivity index (χ0v) is 16.8. The first-order valence-electron chi connectivity index (χ1n) is 9.57. The Morgan fingerprint density at radius 3 is 2.87 bits per heavy atom. The highest BCUT2D eigenvalue weighted by Gasteiger charge is 2.10. The third kappa shape index (κ3) is 5.31. The molecule has 0 amide bonds. The predicted molar refractivity (Wildman–Crippen MR) is 110 cm³/mol. The van der Waals surface area contributed by atoms with Crippen molar-refractivity contribution in [1.29, 1.82) is 0 Å². The molecule has 4 aromatic rings. The molecule has 0 atom stereocenters. The molecule has 0 spiro atoms. The molecule has 0 aliphatic heterocycles. The zero-order valence-electron chi connectivity index (χ0n) is 16.8. The second-order valence-electron chi connectivity index (χ2n) is 6.73. The van der Waals surface area contributed by atoms with E-state index in [-0.39, 0.29) is 0 Å². The molecule has 1 aromatic carbocycles. The summed E-state index contributed by atoms with van der Waals surface area (Å²) in [4.78, 5) is 8.78. The molecule has 0 saturated carbocycles. The number of alkyl halides is 2. The summed E-state index contributed by atoms with van der Waals surface area (Å²) in [7, 11) is 1.63. The fourth-order valence-electron chi connectivity index (χ4n) is 2.99. The largest absolute Gasteiger partial charge is 0.491 e. The summed E-state index contributed by atoms with van der Waals surface area (Å²) < 4.78 is 38.6. The van der Waals surface area contributed by atoms with E-state index in [4.69, 9.17) is 9.47 Å². The zero-order chi connectivity index (χ0) is 21.6. The Morgan fingerprint density at radius 1 is 1.13 bits per heavy atom. The van der Waals surface area contributed by atoms with Crippen LogP contribution in [0, 0.1) is 0 Å². The van der Waals surface area contributed by atoms with Gasteiger partial charge in [-0.1, -0.05) is 12.1 Å². The van der Waals surface area contributed by atoms with Crippen molar-refractivity contribution in [3.05, 3.63) is 54.6 Å². The molecule has 0 saturated heterocycles. The fraction of sp³-hybridized carbons (Fsp3) is 0.300. The van der Waals surface area contributed by atoms with Crippen molar-refractivity contribution in [3.8, 4) is 5.75 Å². The lowest BCUT2D eigenvalue weighted by Gasteiger charge is -2.08. The number of ether oxygens (including phenoxy) is 2. The second kappa shape index (κ2) is 9.47. The number of nitrogens with zero attached hydrogens (tertiary/aromatic N) is 6. The van der Waals surface area contributed by atoms with E-state index in [9.17, 15) is 8.78 Å². The maximum absolute atomic E-state index is 12.5. The van der Waals surface area contributed by atoms with Crippen LogP contribution in [-0.4, -0.2) is 56.3 Å². The number of hydrogen-bond donors (Lipinski definition) is 1. The topological polar surface area (TPSA) is 91.9 Å². The third-order valence-corrected chi connectivity index (χ3v) is 4.38. The minimum atomic E-state index is -2.47. The summed E-state index contributed by atoms with van der Waals surface area (Å²) in [6.07, 6.45) is 3.80. The van der Waals surface area contributed by atoms with Crippen LogP contribution in [0.2, 0.25) is 0 Å². The Morgan fingerprint density at radius 2 is 2.03 bits per heavy atom. The van der Waals surface area contributed by atoms with E-state index in [1.165, 1.54) is 12.4 Å². The average Bonchev–Trinajstić information content (AvgIpc) is 3.35. The highest BCUT2D eigenvalue weighted by atomic mass is 19.3. The molecule has 0 radical (unpaired) electrons. The lowest BCUT2D eigenvalue weighted by molar-refractivity contribution is 0.122. The van der Waals surface area contributed by atoms with Gasteiger partial charge in [-0.05, 0) is 17.7 Å². The molecular formula is C20H21F2N7O2. The van der Waals surface area contributed by atoms with Crippen molar-refractivity contribution in [2.45, 2.75) is 19.5 Å². The van der Waals surface area contributed by atoms with Gasteiger partial charge in [0.05, 0.1) is 36.6 Å². The molecule has 9 nitrogen and oxygen atoms in total. The van der Waals surface area contributed by atoms with E-state index in [0.29, 0.717) is 37.0 Å². The highest BCUT2D eigenvalue weighted by Crippen LogP contribution is 2.19. The minimum Gasteiger partial charge on any atom is -0.491 e. The first-order valence-corrected chi connectivity index (χ1v) is 9.57. The predicted octanol–water partition coefficient (Wildman–Crippen LogP) is 3.11. The maximum Gasteiger partial charge on any atom is 0.257 e. The molecule has 0 aliphatic carbocycles. The fourth-order valence-corrected chi connectivity index (χ4v) is 2.99. The molecular weight excluding hydrogens is 408 g/mol. The molecule has 0 unspecified atom stereocenters. The van der Waals surface area contributed by atoms with Gasteiger partial charge < -0.3 is 14.8 Å². The van der Waals surface area contributed by atoms with Gasteiger partial charge in [0.25, 0.3) is 6.43 Å². The Hall–Kier alpha value is -3.60. The van der Waals surface area contributed by atoms with Crippen LogP contribution in [0.25, 0.3) is 11.0 Å². The highest BCUT2D eigenvalue weighted by molar-refractivity contribution is 5.75. The number of hydrogen-bond acceptors (Lipinski definition) is 7. The van der Waals surface area contributed by atoms with Crippen molar-refractivity contribution < 1.29 is 18.3 Å². The van der Waals surface area contributed by atoms with E-state index >= 15 is 0 Å². The van der Waals surface area contributed by atoms with Crippen LogP contribution in [0.1, 0.15) is 5.56 Å². The van der Waals surface area contributed by atoms with Gasteiger partial charge in [0.1, 0.15) is 18.9 Å². The molecule has 31 heavy (non-hydrogen) atoms. The third-order valence-electron chi connectivity index (χ3n) is 4.38. The number of rotatable bonds is 10. The molecule has 162 valence electrons. The maximum atomic E-state index is 12.5. The molecule has 1 N–H and O–H groups in total. The van der Waals surface area contributed by atoms with Gasteiger partial charge in [-0.3, -0.25) is 4.68 Å². The molecule has 0 bridgehead atoms. The van der Waals surface area contributed by atoms with Crippen LogP contribution in [0.4, 0.5) is 20.4 Å². The van der Waals surface area contributed by atoms with Crippen molar-refractivity contribution in [2.24, 2.45) is 0 Å². The van der Waals surface area contributed by atoms with Gasteiger partial charge >= 0.3 is 0 Å². The van der Waals surface area contributed by atoms with Gasteiger partial charge in [-0.15, -0.1) is 0 Å². The average molecular weight is 429 g/mol. The van der Waals surface area contributed by atoms with Crippen molar-refractivity contribution in [2.75, 3.05) is 25.6 Å². The van der Waals surface area contributed by atoms with Crippen molar-refractivity contribution in [1.82, 2.24) is 29.5 Å². The van der Waals surface area contributed by atoms with Crippen molar-refractivity contribution >= 4 is 22.7 Å². The minimum absolute atomic E-state index is 0.322. The Kier molecular flexibility index (Phi) is 6.32. The summed E-state index contributed by atoms with van der Waals surface area (Å²) in [5, 5.41) is 12.1. The van der Waals surface area contributed by atoms with Crippen LogP contribution in [-0.2, 0) is 17.8 Å². The summed E-state index contributed by atoms with van der Waals surface area (Å²) in [6.45, 7) is 1.01. The molecule has 11 heteroatoms. The molecule has 3 heterocycles. The molecule has 4 rings (SSSR count). The monoisotopic (exact) mass is 429 g/mol. The van der Waals surface area contributed by atoms with E-state index in [0.717, 1.165) is 21.4 Å². The van der Waals surface area contributed by atoms with Gasteiger partial charge in [0.15, 0.2) is 5.65 Å². The number of fused-ring (bicyclic) bond motifs is 1. The summed E-state index contributed by atoms with van der Waals surface area (Å²) in [5.41, 5.74) is 2.16. The lowest BCUT2D eigenvalue weighted by atomic mass is 10.2. The van der Waals surface area contributed by atoms with Crippen LogP contribution < -0.4 is 10.1 Å². The normalized spacial score (nSPS) is 11.4. The Bertz CT molecular complexity index is 1150. The van der Waals surface area contributed by atoms with Gasteiger partial charge in [-0.25, -0.2) is 18.4 Å². The number of nitrogens with one attached hydrogen (secondary N) is 1. The summed E-state index contributed by atoms with van der Waals surface area (Å²) in [6, 6.07) is 7.73. The number of anilines is 2. The number of aromatic nitrogens is 6. The number of benzene rings is 1. The standard InChI is InChI=1S/C20H21F2N7O2/c1-30-5-6-31-17-4-2-3-14(7-17)11-29-19-15(9-25-29)8-23-20(27-19)26-16-10-24-28(12-16)13-18(21)22/h2-4,7-10,12,18H,5-6,11,13H2,1H3,(H,23,26,27). The molecule has 0 aliphatic rings. The molecule has 3 aromatic heterocycles. The van der Waals surface area contributed by atoms with E-state index in [1.807, 2.05) is 24.3 Å². The van der Waals surface area contributed by atoms with E-state index < -0.39 is 13.0 Å². The van der Waals surface area contributed by atoms with Crippen LogP contribution in [0.5, 0.6) is 5.75 Å². The molecule has 0 fully saturated rings. The van der Waals surface area contributed by atoms with Gasteiger partial charge in [0.2, 0.25) is 5.95 Å². The van der Waals surface area contributed by atoms with Gasteiger partial charge in [0, 0.05) is 19.5 Å². The summed E-state index contributed by atoms with van der Waals surface area (Å²) in [5.74, 6) is 1.08. The van der Waals surface area contributed by atoms with E-state index in [1.54, 1.807) is 24.2 Å². The first-order chi connectivity index (χ1) is 15.1. The summed E-state index contributed by atoms with van der Waals surface area (Å²) >= 11 is 0. The Balaban J connectivity index is 1.49. The van der Waals surface area contributed by atoms with Crippen LogP contribution in [0.15, 0.2) is 49.1 Å². The first kappa shape index (κ1) is 20.7. The number of methoxy groups -OCH3 is 1. The Labute approximate surface area is 176 Å².